The largest absolute Gasteiger partial charge is 0.487 e. The first-order valence-electron chi connectivity index (χ1n) is 10.9. The van der Waals surface area contributed by atoms with Gasteiger partial charge in [0.15, 0.2) is 0 Å². The third-order valence-electron chi connectivity index (χ3n) is 6.74. The van der Waals surface area contributed by atoms with E-state index in [0.29, 0.717) is 17.9 Å². The van der Waals surface area contributed by atoms with Gasteiger partial charge in [-0.2, -0.15) is 0 Å². The minimum atomic E-state index is -2.02. The highest BCUT2D eigenvalue weighted by molar-refractivity contribution is 5.52. The molecule has 0 radical (unpaired) electrons. The maximum absolute atomic E-state index is 13.1. The number of allylic oxidation sites excluding steroid dienone is 2. The van der Waals surface area contributed by atoms with Crippen LogP contribution in [-0.4, -0.2) is 34.7 Å². The number of piperidine rings is 1. The Hall–Kier alpha value is -1.95. The number of halogens is 1. The van der Waals surface area contributed by atoms with Crippen LogP contribution in [0, 0.1) is 17.7 Å². The number of aliphatic hydroxyl groups is 2. The van der Waals surface area contributed by atoms with Crippen LogP contribution in [-0.2, 0) is 11.2 Å². The van der Waals surface area contributed by atoms with Crippen molar-refractivity contribution in [3.63, 3.8) is 0 Å². The van der Waals surface area contributed by atoms with Gasteiger partial charge in [0.05, 0.1) is 5.57 Å². The average molecular weight is 414 g/mol. The van der Waals surface area contributed by atoms with Gasteiger partial charge in [0.1, 0.15) is 17.2 Å². The molecule has 4 rings (SSSR count). The molecule has 0 spiro atoms. The van der Waals surface area contributed by atoms with Gasteiger partial charge in [0, 0.05) is 12.5 Å². The second-order valence-corrected chi connectivity index (χ2v) is 9.42. The summed E-state index contributed by atoms with van der Waals surface area (Å²) in [6.45, 7) is 7.83. The molecule has 2 aliphatic heterocycles. The smallest absolute Gasteiger partial charge is 0.214 e. The summed E-state index contributed by atoms with van der Waals surface area (Å²) in [7, 11) is 0. The molecular formula is C25H32FNO3. The Morgan fingerprint density at radius 3 is 2.70 bits per heavy atom. The molecule has 0 amide bonds. The van der Waals surface area contributed by atoms with Crippen molar-refractivity contribution in [2.75, 3.05) is 13.1 Å². The topological polar surface area (TPSA) is 61.7 Å². The number of rotatable bonds is 5. The third-order valence-corrected chi connectivity index (χ3v) is 6.74. The summed E-state index contributed by atoms with van der Waals surface area (Å²) in [5.41, 5.74) is 3.18. The molecule has 3 N–H and O–H groups in total. The molecule has 1 aromatic carbocycles. The Morgan fingerprint density at radius 2 is 1.97 bits per heavy atom. The van der Waals surface area contributed by atoms with Crippen molar-refractivity contribution >= 4 is 0 Å². The second-order valence-electron chi connectivity index (χ2n) is 9.42. The van der Waals surface area contributed by atoms with E-state index in [2.05, 4.69) is 26.1 Å². The highest BCUT2D eigenvalue weighted by Crippen LogP contribution is 2.48. The van der Waals surface area contributed by atoms with Crippen LogP contribution in [0.3, 0.4) is 0 Å². The number of fused-ring (bicyclic) bond motifs is 2. The summed E-state index contributed by atoms with van der Waals surface area (Å²) in [6.07, 6.45) is 7.18. The third kappa shape index (κ3) is 4.11. The molecule has 1 fully saturated rings. The van der Waals surface area contributed by atoms with Crippen molar-refractivity contribution in [3.8, 4) is 0 Å². The van der Waals surface area contributed by atoms with Crippen LogP contribution in [0.4, 0.5) is 4.39 Å². The van der Waals surface area contributed by atoms with Crippen LogP contribution in [0.2, 0.25) is 0 Å². The summed E-state index contributed by atoms with van der Waals surface area (Å²) < 4.78 is 19.4. The first-order valence-corrected chi connectivity index (χ1v) is 10.9. The molecule has 0 bridgehead atoms. The van der Waals surface area contributed by atoms with E-state index in [9.17, 15) is 14.6 Å². The Balaban J connectivity index is 1.52. The lowest BCUT2D eigenvalue weighted by Gasteiger charge is -2.48. The van der Waals surface area contributed by atoms with Crippen LogP contribution in [0.5, 0.6) is 0 Å². The van der Waals surface area contributed by atoms with E-state index in [4.69, 9.17) is 4.74 Å². The molecule has 3 aliphatic rings. The fourth-order valence-corrected chi connectivity index (χ4v) is 5.09. The Morgan fingerprint density at radius 1 is 1.23 bits per heavy atom. The second kappa shape index (κ2) is 7.95. The van der Waals surface area contributed by atoms with Gasteiger partial charge in [-0.3, -0.25) is 0 Å². The van der Waals surface area contributed by atoms with E-state index in [1.165, 1.54) is 12.1 Å². The highest BCUT2D eigenvalue weighted by Gasteiger charge is 2.48. The predicted octanol–water partition coefficient (Wildman–Crippen LogP) is 4.00. The summed E-state index contributed by atoms with van der Waals surface area (Å²) in [5.74, 6) is -1.33. The summed E-state index contributed by atoms with van der Waals surface area (Å²) in [5, 5.41) is 25.3. The normalized spacial score (nSPS) is 25.5. The highest BCUT2D eigenvalue weighted by atomic mass is 19.1. The first-order chi connectivity index (χ1) is 14.2. The number of benzene rings is 1. The number of ether oxygens (including phenoxy) is 1. The number of hydrogen-bond donors (Lipinski definition) is 3. The standard InChI is InChI=1S/C25H32FNO3/c1-16(5-4-6-17-7-9-19(26)10-8-17)18-13-22-23(25(28,29)14-18)20-15-27-12-11-21(20)24(2,3)30-22/h7-10,13-14,16,21,27-29H,4-6,11-12,15H2,1-3H3. The van der Waals surface area contributed by atoms with Crippen LogP contribution in [0.1, 0.15) is 45.6 Å². The van der Waals surface area contributed by atoms with Gasteiger partial charge in [-0.25, -0.2) is 4.39 Å². The van der Waals surface area contributed by atoms with Crippen LogP contribution in [0.25, 0.3) is 0 Å². The summed E-state index contributed by atoms with van der Waals surface area (Å²) in [4.78, 5) is 0. The first kappa shape index (κ1) is 21.3. The Labute approximate surface area is 178 Å². The SMILES string of the molecule is CC(CCCc1ccc(F)cc1)C1=CC(O)(O)C2=C3CNCCC3C(C)(C)OC2=C1. The fraction of sp³-hybridized carbons (Fsp3) is 0.520. The quantitative estimate of drug-likeness (QED) is 0.639. The number of hydrogen-bond acceptors (Lipinski definition) is 4. The average Bonchev–Trinajstić information content (AvgIpc) is 2.68. The van der Waals surface area contributed by atoms with Gasteiger partial charge in [-0.15, -0.1) is 0 Å². The lowest BCUT2D eigenvalue weighted by molar-refractivity contribution is -0.106. The Kier molecular flexibility index (Phi) is 5.64. The Bertz CT molecular complexity index is 895. The van der Waals surface area contributed by atoms with E-state index in [1.54, 1.807) is 6.08 Å². The van der Waals surface area contributed by atoms with Gasteiger partial charge in [0.2, 0.25) is 5.79 Å². The molecule has 2 heterocycles. The number of nitrogens with one attached hydrogen (secondary N) is 1. The molecule has 0 aromatic heterocycles. The van der Waals surface area contributed by atoms with E-state index in [1.807, 2.05) is 18.2 Å². The van der Waals surface area contributed by atoms with Gasteiger partial charge < -0.3 is 20.3 Å². The van der Waals surface area contributed by atoms with E-state index < -0.39 is 5.79 Å². The maximum atomic E-state index is 13.1. The van der Waals surface area contributed by atoms with E-state index in [-0.39, 0.29) is 23.3 Å². The van der Waals surface area contributed by atoms with Crippen LogP contribution < -0.4 is 5.32 Å². The summed E-state index contributed by atoms with van der Waals surface area (Å²) in [6, 6.07) is 6.62. The van der Waals surface area contributed by atoms with Crippen LogP contribution >= 0.6 is 0 Å². The zero-order chi connectivity index (χ0) is 21.5. The van der Waals surface area contributed by atoms with Crippen molar-refractivity contribution in [2.24, 2.45) is 11.8 Å². The monoisotopic (exact) mass is 413 g/mol. The van der Waals surface area contributed by atoms with Crippen LogP contribution in [0.15, 0.2) is 58.9 Å². The lowest BCUT2D eigenvalue weighted by atomic mass is 9.72. The molecule has 1 aromatic rings. The lowest BCUT2D eigenvalue weighted by Crippen LogP contribution is -2.50. The maximum Gasteiger partial charge on any atom is 0.214 e. The van der Waals surface area contributed by atoms with Gasteiger partial charge in [0.25, 0.3) is 0 Å². The van der Waals surface area contributed by atoms with Gasteiger partial charge >= 0.3 is 0 Å². The zero-order valence-corrected chi connectivity index (χ0v) is 18.0. The van der Waals surface area contributed by atoms with Crippen molar-refractivity contribution in [2.45, 2.75) is 57.8 Å². The molecule has 1 aliphatic carbocycles. The molecule has 162 valence electrons. The van der Waals surface area contributed by atoms with E-state index in [0.717, 1.165) is 48.9 Å². The zero-order valence-electron chi connectivity index (χ0n) is 18.0. The van der Waals surface area contributed by atoms with Crippen molar-refractivity contribution in [1.82, 2.24) is 5.32 Å². The molecule has 2 atom stereocenters. The van der Waals surface area contributed by atoms with Gasteiger partial charge in [-0.1, -0.05) is 19.1 Å². The van der Waals surface area contributed by atoms with E-state index >= 15 is 0 Å². The molecule has 1 saturated heterocycles. The molecule has 0 saturated carbocycles. The van der Waals surface area contributed by atoms with Crippen molar-refractivity contribution in [1.29, 1.82) is 0 Å². The minimum absolute atomic E-state index is 0.150. The molecule has 2 unspecified atom stereocenters. The molecule has 4 nitrogen and oxygen atoms in total. The fourth-order valence-electron chi connectivity index (χ4n) is 5.09. The minimum Gasteiger partial charge on any atom is -0.487 e. The molecule has 5 heteroatoms. The van der Waals surface area contributed by atoms with Crippen molar-refractivity contribution in [3.05, 3.63) is 70.3 Å². The molecule has 30 heavy (non-hydrogen) atoms. The summed E-state index contributed by atoms with van der Waals surface area (Å²) >= 11 is 0. The van der Waals surface area contributed by atoms with Gasteiger partial charge in [-0.05, 0) is 93.0 Å². The molecular weight excluding hydrogens is 381 g/mol. The van der Waals surface area contributed by atoms with Crippen molar-refractivity contribution < 1.29 is 19.3 Å². The number of aryl methyl sites for hydroxylation is 1. The predicted molar refractivity (Wildman–Crippen MR) is 115 cm³/mol.